The lowest BCUT2D eigenvalue weighted by atomic mass is 10.1. The minimum absolute atomic E-state index is 0.388. The molecule has 0 aliphatic heterocycles. The van der Waals surface area contributed by atoms with Crippen molar-refractivity contribution in [1.82, 2.24) is 15.0 Å². The molecule has 0 amide bonds. The number of hydrogen-bond acceptors (Lipinski definition) is 8. The van der Waals surface area contributed by atoms with E-state index in [1.54, 1.807) is 20.5 Å². The van der Waals surface area contributed by atoms with E-state index in [2.05, 4.69) is 102 Å². The summed E-state index contributed by atoms with van der Waals surface area (Å²) in [5, 5.41) is 8.36. The Labute approximate surface area is 273 Å². The van der Waals surface area contributed by atoms with E-state index >= 15 is 0 Å². The Kier molecular flexibility index (Phi) is 10.5. The van der Waals surface area contributed by atoms with E-state index in [-0.39, 0.29) is 0 Å². The van der Waals surface area contributed by atoms with E-state index in [0.717, 1.165) is 22.1 Å². The fourth-order valence-corrected chi connectivity index (χ4v) is 11.8. The summed E-state index contributed by atoms with van der Waals surface area (Å²) in [6, 6.07) is 23.2. The van der Waals surface area contributed by atoms with Gasteiger partial charge in [-0.1, -0.05) is 80.0 Å². The number of nitrogens with zero attached hydrogens (tertiary/aromatic N) is 3. The van der Waals surface area contributed by atoms with Gasteiger partial charge in [-0.05, 0) is 35.0 Å². The van der Waals surface area contributed by atoms with Gasteiger partial charge in [0.25, 0.3) is 0 Å². The van der Waals surface area contributed by atoms with Gasteiger partial charge in [0.15, 0.2) is 11.5 Å². The van der Waals surface area contributed by atoms with Gasteiger partial charge in [0.05, 0.1) is 32.3 Å². The Morgan fingerprint density at radius 2 is 1.46 bits per heavy atom. The van der Waals surface area contributed by atoms with E-state index < -0.39 is 16.1 Å². The van der Waals surface area contributed by atoms with Crippen LogP contribution in [0.1, 0.15) is 5.56 Å². The summed E-state index contributed by atoms with van der Waals surface area (Å²) in [5.41, 5.74) is 6.58. The van der Waals surface area contributed by atoms with Crippen molar-refractivity contribution in [2.75, 3.05) is 46.0 Å². The van der Waals surface area contributed by atoms with Crippen molar-refractivity contribution < 1.29 is 18.9 Å². The van der Waals surface area contributed by atoms with Crippen molar-refractivity contribution in [2.45, 2.75) is 32.7 Å². The van der Waals surface area contributed by atoms with Crippen LogP contribution in [0.2, 0.25) is 32.7 Å². The van der Waals surface area contributed by atoms with Gasteiger partial charge in [-0.2, -0.15) is 0 Å². The largest absolute Gasteiger partial charge is 0.487 e. The Hall–Kier alpha value is -4.10. The van der Waals surface area contributed by atoms with Gasteiger partial charge in [0, 0.05) is 42.9 Å². The number of pyridine rings is 1. The molecule has 0 aliphatic rings. The molecule has 5 aromatic rings. The van der Waals surface area contributed by atoms with Gasteiger partial charge in [0.1, 0.15) is 33.4 Å². The molecule has 0 atom stereocenters. The molecule has 0 spiro atoms. The number of anilines is 2. The van der Waals surface area contributed by atoms with Crippen molar-refractivity contribution >= 4 is 59.8 Å². The van der Waals surface area contributed by atoms with Gasteiger partial charge >= 0.3 is 0 Å². The number of fused-ring (bicyclic) bond motifs is 2. The van der Waals surface area contributed by atoms with Crippen LogP contribution in [0.4, 0.5) is 11.5 Å². The zero-order chi connectivity index (χ0) is 32.7. The molecule has 3 aromatic carbocycles. The number of aromatic nitrogens is 3. The second-order valence-electron chi connectivity index (χ2n) is 12.9. The fourth-order valence-electron chi connectivity index (χ4n) is 5.57. The summed E-state index contributed by atoms with van der Waals surface area (Å²) in [7, 11) is -0.511. The summed E-state index contributed by atoms with van der Waals surface area (Å²) in [6.07, 6.45) is 3.47. The highest BCUT2D eigenvalue weighted by molar-refractivity contribution is 7.07. The van der Waals surface area contributed by atoms with Gasteiger partial charge in [0.2, 0.25) is 0 Å². The molecule has 240 valence electrons. The average molecular weight is 653 g/mol. The molecule has 0 saturated carbocycles. The SMILES string of the molecule is COCCOc1cc2ncnc(Nc3cccc(/C(=C\[Si](C)(C)C)[Si](C)(C)c4cccc5cccnc45)c3)c2cc1OCCOC. The fraction of sp³-hybridized carbons (Fsp3) is 0.306. The molecule has 8 nitrogen and oxygen atoms in total. The number of benzene rings is 3. The highest BCUT2D eigenvalue weighted by atomic mass is 28.3. The number of methoxy groups -OCH3 is 2. The van der Waals surface area contributed by atoms with E-state index in [1.165, 1.54) is 21.3 Å². The van der Waals surface area contributed by atoms with E-state index in [1.807, 2.05) is 24.4 Å². The van der Waals surface area contributed by atoms with E-state index in [0.29, 0.717) is 43.7 Å². The maximum absolute atomic E-state index is 6.05. The first-order valence-electron chi connectivity index (χ1n) is 15.6. The molecule has 0 aliphatic carbocycles. The molecular weight excluding hydrogens is 609 g/mol. The summed E-state index contributed by atoms with van der Waals surface area (Å²) in [6.45, 7) is 13.8. The highest BCUT2D eigenvalue weighted by Gasteiger charge is 2.33. The third kappa shape index (κ3) is 7.82. The molecule has 10 heteroatoms. The van der Waals surface area contributed by atoms with Gasteiger partial charge in [-0.15, -0.1) is 0 Å². The number of ether oxygens (including phenoxy) is 4. The highest BCUT2D eigenvalue weighted by Crippen LogP contribution is 2.36. The zero-order valence-electron chi connectivity index (χ0n) is 27.9. The second kappa shape index (κ2) is 14.6. The predicted molar refractivity (Wildman–Crippen MR) is 194 cm³/mol. The number of nitrogens with one attached hydrogen (secondary N) is 1. The van der Waals surface area contributed by atoms with Crippen LogP contribution >= 0.6 is 0 Å². The average Bonchev–Trinajstić information content (AvgIpc) is 3.03. The molecule has 0 unspecified atom stereocenters. The third-order valence-corrected chi connectivity index (χ3v) is 12.8. The lowest BCUT2D eigenvalue weighted by Crippen LogP contribution is -2.44. The van der Waals surface area contributed by atoms with Crippen molar-refractivity contribution in [3.05, 3.63) is 90.5 Å². The summed E-state index contributed by atoms with van der Waals surface area (Å²) >= 11 is 0. The van der Waals surface area contributed by atoms with E-state index in [9.17, 15) is 0 Å². The van der Waals surface area contributed by atoms with Crippen LogP contribution in [0.5, 0.6) is 11.5 Å². The minimum Gasteiger partial charge on any atom is -0.487 e. The molecule has 0 fully saturated rings. The van der Waals surface area contributed by atoms with Crippen LogP contribution < -0.4 is 20.0 Å². The summed E-state index contributed by atoms with van der Waals surface area (Å²) < 4.78 is 22.4. The first-order chi connectivity index (χ1) is 22.1. The molecular formula is C36H44N4O4Si2. The zero-order valence-corrected chi connectivity index (χ0v) is 29.9. The summed E-state index contributed by atoms with van der Waals surface area (Å²) in [5.74, 6) is 1.89. The van der Waals surface area contributed by atoms with Crippen molar-refractivity contribution in [1.29, 1.82) is 0 Å². The van der Waals surface area contributed by atoms with Gasteiger partial charge in [-0.3, -0.25) is 4.98 Å². The Balaban J connectivity index is 1.54. The van der Waals surface area contributed by atoms with Gasteiger partial charge < -0.3 is 24.3 Å². The van der Waals surface area contributed by atoms with E-state index in [4.69, 9.17) is 23.9 Å². The smallest absolute Gasteiger partial charge is 0.163 e. The topological polar surface area (TPSA) is 87.6 Å². The van der Waals surface area contributed by atoms with Crippen molar-refractivity contribution in [3.63, 3.8) is 0 Å². The van der Waals surface area contributed by atoms with Gasteiger partial charge in [-0.25, -0.2) is 9.97 Å². The van der Waals surface area contributed by atoms with Crippen molar-refractivity contribution in [3.8, 4) is 11.5 Å². The first-order valence-corrected chi connectivity index (χ1v) is 22.2. The Bertz CT molecular complexity index is 1830. The minimum atomic E-state index is -2.20. The van der Waals surface area contributed by atoms with Crippen LogP contribution in [0, 0.1) is 0 Å². The van der Waals surface area contributed by atoms with Crippen molar-refractivity contribution in [2.24, 2.45) is 0 Å². The Morgan fingerprint density at radius 1 is 0.761 bits per heavy atom. The lowest BCUT2D eigenvalue weighted by molar-refractivity contribution is 0.132. The molecule has 0 bridgehead atoms. The maximum Gasteiger partial charge on any atom is 0.163 e. The standard InChI is InChI=1S/C36H44N4O4Si2/c1-41-17-19-43-31-22-29-30(23-32(31)44-20-18-42-2)38-25-39-36(29)40-28-14-8-12-27(21-28)34(24-45(3,4)5)46(6,7)33-15-9-11-26-13-10-16-37-35(26)33/h8-16,21-25H,17-20H2,1-7H3,(H,38,39,40)/b34-24+. The number of rotatable bonds is 14. The second-order valence-corrected chi connectivity index (χ2v) is 22.2. The molecule has 2 aromatic heterocycles. The van der Waals surface area contributed by atoms with Crippen LogP contribution in [0.3, 0.4) is 0 Å². The van der Waals surface area contributed by atoms with Crippen LogP contribution in [0.15, 0.2) is 85.0 Å². The monoisotopic (exact) mass is 652 g/mol. The normalized spacial score (nSPS) is 12.5. The number of para-hydroxylation sites is 1. The third-order valence-electron chi connectivity index (χ3n) is 7.78. The molecule has 0 saturated heterocycles. The first kappa shape index (κ1) is 33.3. The number of hydrogen-bond donors (Lipinski definition) is 1. The molecule has 46 heavy (non-hydrogen) atoms. The quantitative estimate of drug-likeness (QED) is 0.0982. The molecule has 5 rings (SSSR count). The molecule has 0 radical (unpaired) electrons. The molecule has 1 N–H and O–H groups in total. The van der Waals surface area contributed by atoms with Crippen LogP contribution in [-0.2, 0) is 9.47 Å². The summed E-state index contributed by atoms with van der Waals surface area (Å²) in [4.78, 5) is 14.0. The lowest BCUT2D eigenvalue weighted by Gasteiger charge is -2.30. The molecule has 2 heterocycles. The predicted octanol–water partition coefficient (Wildman–Crippen LogP) is 7.39. The maximum atomic E-state index is 6.05. The Morgan fingerprint density at radius 3 is 2.17 bits per heavy atom. The van der Waals surface area contributed by atoms with Crippen LogP contribution in [0.25, 0.3) is 27.0 Å². The van der Waals surface area contributed by atoms with Crippen LogP contribution in [-0.4, -0.2) is 71.7 Å².